The van der Waals surface area contributed by atoms with Crippen molar-refractivity contribution in [2.45, 2.75) is 20.0 Å². The van der Waals surface area contributed by atoms with Gasteiger partial charge in [-0.3, -0.25) is 4.79 Å². The molecule has 0 fully saturated rings. The topological polar surface area (TPSA) is 32.9 Å². The Labute approximate surface area is 95.1 Å². The summed E-state index contributed by atoms with van der Waals surface area (Å²) >= 11 is 0. The van der Waals surface area contributed by atoms with Crippen molar-refractivity contribution >= 4 is 10.9 Å². The van der Waals surface area contributed by atoms with E-state index in [9.17, 15) is 18.0 Å². The third kappa shape index (κ3) is 2.05. The van der Waals surface area contributed by atoms with E-state index < -0.39 is 17.3 Å². The lowest BCUT2D eigenvalue weighted by Gasteiger charge is -2.09. The van der Waals surface area contributed by atoms with Gasteiger partial charge in [-0.15, -0.1) is 0 Å². The first-order valence-electron chi connectivity index (χ1n) is 5.00. The van der Waals surface area contributed by atoms with E-state index in [0.717, 1.165) is 5.56 Å². The van der Waals surface area contributed by atoms with Crippen LogP contribution in [0.5, 0.6) is 0 Å². The van der Waals surface area contributed by atoms with Gasteiger partial charge in [0.15, 0.2) is 5.43 Å². The Bertz CT molecular complexity index is 640. The highest BCUT2D eigenvalue weighted by molar-refractivity contribution is 5.82. The van der Waals surface area contributed by atoms with E-state index >= 15 is 0 Å². The third-order valence-corrected chi connectivity index (χ3v) is 2.58. The maximum Gasteiger partial charge on any atom is 0.431 e. The second-order valence-electron chi connectivity index (χ2n) is 4.05. The van der Waals surface area contributed by atoms with Gasteiger partial charge in [-0.1, -0.05) is 6.07 Å². The van der Waals surface area contributed by atoms with Gasteiger partial charge >= 0.3 is 6.18 Å². The smallest absolute Gasteiger partial charge is 0.351 e. The molecule has 0 saturated heterocycles. The van der Waals surface area contributed by atoms with E-state index in [0.29, 0.717) is 17.0 Å². The number of rotatable bonds is 0. The largest absolute Gasteiger partial charge is 0.431 e. The molecule has 0 spiro atoms. The highest BCUT2D eigenvalue weighted by atomic mass is 19.4. The Morgan fingerprint density at radius 3 is 2.35 bits per heavy atom. The Hall–Kier alpha value is -1.78. The Balaban J connectivity index is 2.87. The molecule has 0 aliphatic heterocycles. The molecule has 0 saturated carbocycles. The summed E-state index contributed by atoms with van der Waals surface area (Å²) in [4.78, 5) is 13.9. The molecule has 2 nitrogen and oxygen atoms in total. The van der Waals surface area contributed by atoms with Crippen LogP contribution in [-0.4, -0.2) is 4.98 Å². The van der Waals surface area contributed by atoms with Crippen molar-refractivity contribution in [3.8, 4) is 0 Å². The molecule has 0 amide bonds. The van der Waals surface area contributed by atoms with Crippen LogP contribution in [0.4, 0.5) is 13.2 Å². The molecule has 1 N–H and O–H groups in total. The first-order chi connectivity index (χ1) is 7.79. The van der Waals surface area contributed by atoms with Crippen LogP contribution in [0.1, 0.15) is 16.8 Å². The van der Waals surface area contributed by atoms with Crippen molar-refractivity contribution in [1.29, 1.82) is 0 Å². The zero-order valence-corrected chi connectivity index (χ0v) is 9.27. The van der Waals surface area contributed by atoms with Crippen LogP contribution in [0.25, 0.3) is 10.9 Å². The molecule has 0 unspecified atom stereocenters. The van der Waals surface area contributed by atoms with E-state index in [-0.39, 0.29) is 5.52 Å². The normalized spacial score (nSPS) is 12.1. The number of hydrogen-bond donors (Lipinski definition) is 1. The van der Waals surface area contributed by atoms with Crippen LogP contribution in [-0.2, 0) is 6.18 Å². The predicted molar refractivity (Wildman–Crippen MR) is 59.0 cm³/mol. The van der Waals surface area contributed by atoms with Gasteiger partial charge in [0.1, 0.15) is 5.69 Å². The lowest BCUT2D eigenvalue weighted by atomic mass is 10.1. The van der Waals surface area contributed by atoms with Gasteiger partial charge in [0.05, 0.1) is 5.52 Å². The number of H-pyrrole nitrogens is 1. The number of aromatic amines is 1. The van der Waals surface area contributed by atoms with Crippen LogP contribution in [0.2, 0.25) is 0 Å². The molecule has 0 aliphatic carbocycles. The van der Waals surface area contributed by atoms with Gasteiger partial charge in [0, 0.05) is 11.5 Å². The van der Waals surface area contributed by atoms with Crippen molar-refractivity contribution in [2.24, 2.45) is 0 Å². The fraction of sp³-hybridized carbons (Fsp3) is 0.250. The predicted octanol–water partition coefficient (Wildman–Crippen LogP) is 3.16. The number of aryl methyl sites for hydroxylation is 2. The van der Waals surface area contributed by atoms with E-state index in [1.165, 1.54) is 0 Å². The molecule has 1 aromatic carbocycles. The molecule has 5 heteroatoms. The average molecular weight is 241 g/mol. The van der Waals surface area contributed by atoms with Crippen molar-refractivity contribution in [3.63, 3.8) is 0 Å². The van der Waals surface area contributed by atoms with Crippen LogP contribution in [0.15, 0.2) is 23.0 Å². The summed E-state index contributed by atoms with van der Waals surface area (Å²) in [6.07, 6.45) is -4.54. The van der Waals surface area contributed by atoms with Crippen molar-refractivity contribution in [3.05, 3.63) is 45.2 Å². The van der Waals surface area contributed by atoms with Gasteiger partial charge in [-0.25, -0.2) is 0 Å². The summed E-state index contributed by atoms with van der Waals surface area (Å²) < 4.78 is 37.6. The lowest BCUT2D eigenvalue weighted by molar-refractivity contribution is -0.141. The Morgan fingerprint density at radius 2 is 1.76 bits per heavy atom. The molecular formula is C12H10F3NO. The summed E-state index contributed by atoms with van der Waals surface area (Å²) in [6.45, 7) is 3.48. The van der Waals surface area contributed by atoms with Gasteiger partial charge < -0.3 is 4.98 Å². The van der Waals surface area contributed by atoms with E-state index in [1.807, 2.05) is 0 Å². The quantitative estimate of drug-likeness (QED) is 0.755. The molecule has 0 radical (unpaired) electrons. The second-order valence-corrected chi connectivity index (χ2v) is 4.05. The molecule has 0 bridgehead atoms. The fourth-order valence-corrected chi connectivity index (χ4v) is 1.93. The van der Waals surface area contributed by atoms with Gasteiger partial charge in [-0.2, -0.15) is 13.2 Å². The molecule has 90 valence electrons. The number of hydrogen-bond acceptors (Lipinski definition) is 1. The van der Waals surface area contributed by atoms with Crippen LogP contribution in [0, 0.1) is 13.8 Å². The first-order valence-corrected chi connectivity index (χ1v) is 5.00. The van der Waals surface area contributed by atoms with Crippen molar-refractivity contribution in [2.75, 3.05) is 0 Å². The van der Waals surface area contributed by atoms with Crippen LogP contribution < -0.4 is 5.43 Å². The fourth-order valence-electron chi connectivity index (χ4n) is 1.93. The number of aromatic nitrogens is 1. The van der Waals surface area contributed by atoms with Gasteiger partial charge in [0.25, 0.3) is 0 Å². The van der Waals surface area contributed by atoms with Gasteiger partial charge in [-0.05, 0) is 31.0 Å². The molecule has 2 rings (SSSR count). The van der Waals surface area contributed by atoms with Crippen molar-refractivity contribution < 1.29 is 13.2 Å². The SMILES string of the molecule is Cc1cc(C)c2c(=O)cc(C(F)(F)F)[nH]c2c1. The maximum absolute atomic E-state index is 12.5. The number of pyridine rings is 1. The number of fused-ring (bicyclic) bond motifs is 1. The summed E-state index contributed by atoms with van der Waals surface area (Å²) in [6, 6.07) is 3.91. The minimum Gasteiger partial charge on any atom is -0.351 e. The molecular weight excluding hydrogens is 231 g/mol. The third-order valence-electron chi connectivity index (χ3n) is 2.58. The minimum atomic E-state index is -4.54. The Morgan fingerprint density at radius 1 is 1.12 bits per heavy atom. The number of halogens is 3. The van der Waals surface area contributed by atoms with Crippen LogP contribution in [0.3, 0.4) is 0 Å². The van der Waals surface area contributed by atoms with E-state index in [1.54, 1.807) is 26.0 Å². The maximum atomic E-state index is 12.5. The molecule has 17 heavy (non-hydrogen) atoms. The molecule has 0 aliphatic rings. The van der Waals surface area contributed by atoms with Crippen molar-refractivity contribution in [1.82, 2.24) is 4.98 Å². The minimum absolute atomic E-state index is 0.224. The molecule has 1 aromatic heterocycles. The first kappa shape index (κ1) is 11.7. The number of alkyl halides is 3. The highest BCUT2D eigenvalue weighted by Crippen LogP contribution is 2.28. The molecule has 1 heterocycles. The molecule has 0 atom stereocenters. The monoisotopic (exact) mass is 241 g/mol. The summed E-state index contributed by atoms with van der Waals surface area (Å²) in [5.74, 6) is 0. The standard InChI is InChI=1S/C12H10F3NO/c1-6-3-7(2)11-8(4-6)16-10(5-9(11)17)12(13,14)15/h3-5H,1-2H3,(H,16,17). The number of nitrogens with one attached hydrogen (secondary N) is 1. The average Bonchev–Trinajstić information content (AvgIpc) is 2.13. The molecule has 2 aromatic rings. The number of benzene rings is 1. The summed E-state index contributed by atoms with van der Waals surface area (Å²) in [5, 5.41) is 0.309. The van der Waals surface area contributed by atoms with Gasteiger partial charge in [0.2, 0.25) is 0 Å². The summed E-state index contributed by atoms with van der Waals surface area (Å²) in [7, 11) is 0. The highest BCUT2D eigenvalue weighted by Gasteiger charge is 2.32. The van der Waals surface area contributed by atoms with Crippen LogP contribution >= 0.6 is 0 Å². The second kappa shape index (κ2) is 3.61. The summed E-state index contributed by atoms with van der Waals surface area (Å²) in [5.41, 5.74) is 0.0887. The Kier molecular flexibility index (Phi) is 2.49. The lowest BCUT2D eigenvalue weighted by Crippen LogP contribution is -2.14. The zero-order chi connectivity index (χ0) is 12.8. The van der Waals surface area contributed by atoms with E-state index in [4.69, 9.17) is 0 Å². The van der Waals surface area contributed by atoms with E-state index in [2.05, 4.69) is 4.98 Å². The zero-order valence-electron chi connectivity index (χ0n) is 9.27.